The number of fused-ring (bicyclic) bond motifs is 1. The lowest BCUT2D eigenvalue weighted by Crippen LogP contribution is -2.55. The second kappa shape index (κ2) is 8.83. The molecule has 2 aliphatic rings. The van der Waals surface area contributed by atoms with Crippen molar-refractivity contribution in [3.05, 3.63) is 42.2 Å². The summed E-state index contributed by atoms with van der Waals surface area (Å²) in [6.07, 6.45) is -0.809. The first kappa shape index (κ1) is 22.2. The Morgan fingerprint density at radius 3 is 2.31 bits per heavy atom. The Hall–Kier alpha value is -3.05. The van der Waals surface area contributed by atoms with Crippen molar-refractivity contribution in [2.45, 2.75) is 11.0 Å². The summed E-state index contributed by atoms with van der Waals surface area (Å²) in [6.45, 7) is 0.409. The van der Waals surface area contributed by atoms with E-state index in [0.717, 1.165) is 16.4 Å². The number of amides is 1. The van der Waals surface area contributed by atoms with Gasteiger partial charge in [-0.25, -0.2) is 12.8 Å². The van der Waals surface area contributed by atoms with E-state index in [-0.39, 0.29) is 50.2 Å². The van der Waals surface area contributed by atoms with Gasteiger partial charge in [-0.15, -0.1) is 0 Å². The molecule has 1 fully saturated rings. The fourth-order valence-electron chi connectivity index (χ4n) is 3.67. The van der Waals surface area contributed by atoms with Crippen molar-refractivity contribution in [1.29, 1.82) is 0 Å². The average Bonchev–Trinajstić information content (AvgIpc) is 2.83. The third-order valence-electron chi connectivity index (χ3n) is 5.39. The summed E-state index contributed by atoms with van der Waals surface area (Å²) in [5.41, 5.74) is 0. The molecular formula is C21H23FN2O7S. The molecule has 0 bridgehead atoms. The van der Waals surface area contributed by atoms with Crippen LogP contribution in [0.5, 0.6) is 23.0 Å². The fraction of sp³-hybridized carbons (Fsp3) is 0.381. The van der Waals surface area contributed by atoms with Crippen LogP contribution in [0.3, 0.4) is 0 Å². The molecule has 0 aliphatic carbocycles. The fourth-order valence-corrected chi connectivity index (χ4v) is 5.15. The Labute approximate surface area is 185 Å². The van der Waals surface area contributed by atoms with Crippen LogP contribution in [0, 0.1) is 5.82 Å². The van der Waals surface area contributed by atoms with Crippen LogP contribution < -0.4 is 18.9 Å². The number of hydrogen-bond acceptors (Lipinski definition) is 7. The molecule has 11 heteroatoms. The summed E-state index contributed by atoms with van der Waals surface area (Å²) in [7, 11) is -1.46. The molecule has 9 nitrogen and oxygen atoms in total. The number of piperazine rings is 1. The lowest BCUT2D eigenvalue weighted by atomic mass is 10.2. The van der Waals surface area contributed by atoms with Gasteiger partial charge in [0.1, 0.15) is 17.3 Å². The van der Waals surface area contributed by atoms with E-state index in [2.05, 4.69) is 0 Å². The number of nitrogens with zero attached hydrogens (tertiary/aromatic N) is 2. The summed E-state index contributed by atoms with van der Waals surface area (Å²) >= 11 is 0. The Balaban J connectivity index is 1.44. The number of halogens is 1. The van der Waals surface area contributed by atoms with E-state index in [0.29, 0.717) is 11.5 Å². The first-order chi connectivity index (χ1) is 15.3. The molecule has 1 unspecified atom stereocenters. The smallest absolute Gasteiger partial charge is 0.267 e. The highest BCUT2D eigenvalue weighted by Crippen LogP contribution is 2.34. The zero-order valence-corrected chi connectivity index (χ0v) is 18.4. The Kier molecular flexibility index (Phi) is 6.11. The van der Waals surface area contributed by atoms with Crippen molar-refractivity contribution in [3.63, 3.8) is 0 Å². The van der Waals surface area contributed by atoms with Crippen molar-refractivity contribution in [2.75, 3.05) is 47.0 Å². The number of ether oxygens (including phenoxy) is 4. The quantitative estimate of drug-likeness (QED) is 0.659. The van der Waals surface area contributed by atoms with Gasteiger partial charge in [-0.3, -0.25) is 4.79 Å². The first-order valence-electron chi connectivity index (χ1n) is 9.94. The van der Waals surface area contributed by atoms with Gasteiger partial charge in [0.15, 0.2) is 23.0 Å². The lowest BCUT2D eigenvalue weighted by Gasteiger charge is -2.36. The zero-order valence-electron chi connectivity index (χ0n) is 17.6. The van der Waals surface area contributed by atoms with Gasteiger partial charge in [0.2, 0.25) is 16.1 Å². The third-order valence-corrected chi connectivity index (χ3v) is 7.30. The first-order valence-corrected chi connectivity index (χ1v) is 11.4. The predicted molar refractivity (Wildman–Crippen MR) is 111 cm³/mol. The van der Waals surface area contributed by atoms with E-state index in [9.17, 15) is 17.6 Å². The van der Waals surface area contributed by atoms with Gasteiger partial charge in [-0.05, 0) is 12.1 Å². The topological polar surface area (TPSA) is 94.6 Å². The molecule has 1 amide bonds. The standard InChI is InChI=1S/C21H23FN2O7S/c1-28-17-11-14(22)20(12-18(17)29-2)32(26,27)24-9-7-23(8-10-24)21(25)19-13-30-15-5-3-4-6-16(15)31-19/h3-6,11-12,19H,7-10,13H2,1-2H3. The van der Waals surface area contributed by atoms with E-state index >= 15 is 0 Å². The Bertz CT molecular complexity index is 1120. The molecular weight excluding hydrogens is 443 g/mol. The summed E-state index contributed by atoms with van der Waals surface area (Å²) in [5, 5.41) is 0. The van der Waals surface area contributed by atoms with Crippen LogP contribution in [0.15, 0.2) is 41.3 Å². The monoisotopic (exact) mass is 466 g/mol. The summed E-state index contributed by atoms with van der Waals surface area (Å²) in [6, 6.07) is 9.15. The van der Waals surface area contributed by atoms with Crippen molar-refractivity contribution in [1.82, 2.24) is 9.21 Å². The normalized spacial score (nSPS) is 18.8. The van der Waals surface area contributed by atoms with E-state index in [4.69, 9.17) is 18.9 Å². The maximum absolute atomic E-state index is 14.5. The minimum Gasteiger partial charge on any atom is -0.493 e. The highest BCUT2D eigenvalue weighted by Gasteiger charge is 2.36. The number of hydrogen-bond donors (Lipinski definition) is 0. The molecule has 0 aromatic heterocycles. The van der Waals surface area contributed by atoms with Gasteiger partial charge in [0.25, 0.3) is 5.91 Å². The molecule has 2 heterocycles. The molecule has 4 rings (SSSR count). The maximum atomic E-state index is 14.5. The molecule has 1 atom stereocenters. The molecule has 0 saturated carbocycles. The summed E-state index contributed by atoms with van der Waals surface area (Å²) in [5.74, 6) is 0.0414. The van der Waals surface area contributed by atoms with Gasteiger partial charge in [-0.2, -0.15) is 4.31 Å². The number of benzene rings is 2. The lowest BCUT2D eigenvalue weighted by molar-refractivity contribution is -0.142. The van der Waals surface area contributed by atoms with Crippen molar-refractivity contribution in [3.8, 4) is 23.0 Å². The van der Waals surface area contributed by atoms with E-state index in [1.54, 1.807) is 18.2 Å². The van der Waals surface area contributed by atoms with Gasteiger partial charge < -0.3 is 23.8 Å². The van der Waals surface area contributed by atoms with Crippen LogP contribution in [0.25, 0.3) is 0 Å². The second-order valence-corrected chi connectivity index (χ2v) is 9.14. The minimum absolute atomic E-state index is 0.0199. The summed E-state index contributed by atoms with van der Waals surface area (Å²) in [4.78, 5) is 13.9. The van der Waals surface area contributed by atoms with Crippen molar-refractivity contribution < 1.29 is 36.6 Å². The summed E-state index contributed by atoms with van der Waals surface area (Å²) < 4.78 is 63.2. The molecule has 1 saturated heterocycles. The number of sulfonamides is 1. The zero-order chi connectivity index (χ0) is 22.9. The van der Waals surface area contributed by atoms with E-state index < -0.39 is 26.8 Å². The van der Waals surface area contributed by atoms with Crippen LogP contribution in [0.4, 0.5) is 4.39 Å². The number of para-hydroxylation sites is 2. The predicted octanol–water partition coefficient (Wildman–Crippen LogP) is 1.52. The Morgan fingerprint density at radius 1 is 1.03 bits per heavy atom. The highest BCUT2D eigenvalue weighted by atomic mass is 32.2. The van der Waals surface area contributed by atoms with Gasteiger partial charge in [0.05, 0.1) is 14.2 Å². The highest BCUT2D eigenvalue weighted by molar-refractivity contribution is 7.89. The van der Waals surface area contributed by atoms with E-state index in [1.807, 2.05) is 6.07 Å². The molecule has 2 aromatic rings. The van der Waals surface area contributed by atoms with Gasteiger partial charge in [-0.1, -0.05) is 12.1 Å². The molecule has 0 radical (unpaired) electrons. The molecule has 0 N–H and O–H groups in total. The second-order valence-electron chi connectivity index (χ2n) is 7.23. The van der Waals surface area contributed by atoms with Crippen molar-refractivity contribution >= 4 is 15.9 Å². The van der Waals surface area contributed by atoms with Crippen LogP contribution >= 0.6 is 0 Å². The number of methoxy groups -OCH3 is 2. The average molecular weight is 466 g/mol. The third kappa shape index (κ3) is 4.05. The van der Waals surface area contributed by atoms with Gasteiger partial charge >= 0.3 is 0 Å². The SMILES string of the molecule is COc1cc(F)c(S(=O)(=O)N2CCN(C(=O)C3COc4ccccc4O3)CC2)cc1OC. The minimum atomic E-state index is -4.14. The maximum Gasteiger partial charge on any atom is 0.267 e. The molecule has 2 aromatic carbocycles. The molecule has 32 heavy (non-hydrogen) atoms. The van der Waals surface area contributed by atoms with Gasteiger partial charge in [0, 0.05) is 38.3 Å². The molecule has 172 valence electrons. The van der Waals surface area contributed by atoms with Crippen molar-refractivity contribution in [2.24, 2.45) is 0 Å². The molecule has 0 spiro atoms. The number of rotatable bonds is 5. The van der Waals surface area contributed by atoms with Crippen LogP contribution in [0.1, 0.15) is 0 Å². The Morgan fingerprint density at radius 2 is 1.66 bits per heavy atom. The number of carbonyl (C=O) groups excluding carboxylic acids is 1. The van der Waals surface area contributed by atoms with Crippen LogP contribution in [-0.4, -0.2) is 76.6 Å². The van der Waals surface area contributed by atoms with Crippen LogP contribution in [0.2, 0.25) is 0 Å². The largest absolute Gasteiger partial charge is 0.493 e. The number of carbonyl (C=O) groups is 1. The van der Waals surface area contributed by atoms with E-state index in [1.165, 1.54) is 19.1 Å². The molecule has 2 aliphatic heterocycles. The van der Waals surface area contributed by atoms with Crippen LogP contribution in [-0.2, 0) is 14.8 Å².